The van der Waals surface area contributed by atoms with Crippen LogP contribution in [0.15, 0.2) is 42.5 Å². The fourth-order valence-corrected chi connectivity index (χ4v) is 4.27. The van der Waals surface area contributed by atoms with Crippen molar-refractivity contribution in [3.05, 3.63) is 48.0 Å². The Balaban J connectivity index is 1.40. The largest absolute Gasteiger partial charge is 0.481 e. The molecule has 2 saturated heterocycles. The molecule has 2 bridgehead atoms. The normalized spacial score (nSPS) is 25.9. The molecule has 2 aliphatic heterocycles. The molecule has 4 unspecified atom stereocenters. The van der Waals surface area contributed by atoms with E-state index < -0.39 is 5.97 Å². The molecule has 1 aromatic rings. The lowest BCUT2D eigenvalue weighted by atomic mass is 9.77. The van der Waals surface area contributed by atoms with Gasteiger partial charge >= 0.3 is 12.0 Å². The first-order valence-corrected chi connectivity index (χ1v) is 10.2. The quantitative estimate of drug-likeness (QED) is 0.424. The van der Waals surface area contributed by atoms with E-state index in [4.69, 9.17) is 9.84 Å². The molecule has 0 aliphatic carbocycles. The monoisotopic (exact) mass is 386 g/mol. The van der Waals surface area contributed by atoms with E-state index >= 15 is 0 Å². The second kappa shape index (κ2) is 10.3. The molecule has 6 heteroatoms. The van der Waals surface area contributed by atoms with Gasteiger partial charge < -0.3 is 20.5 Å². The molecule has 4 atom stereocenters. The van der Waals surface area contributed by atoms with Crippen LogP contribution in [0, 0.1) is 11.8 Å². The Kier molecular flexibility index (Phi) is 7.48. The van der Waals surface area contributed by atoms with Crippen molar-refractivity contribution in [2.45, 2.75) is 57.3 Å². The summed E-state index contributed by atoms with van der Waals surface area (Å²) in [5.74, 6) is 0.0142. The van der Waals surface area contributed by atoms with Crippen LogP contribution in [0.25, 0.3) is 0 Å². The molecule has 0 saturated carbocycles. The predicted octanol–water partition coefficient (Wildman–Crippen LogP) is 3.48. The van der Waals surface area contributed by atoms with E-state index in [-0.39, 0.29) is 24.7 Å². The van der Waals surface area contributed by atoms with Crippen molar-refractivity contribution in [1.29, 1.82) is 0 Å². The number of carbonyl (C=O) groups is 2. The molecule has 152 valence electrons. The molecule has 0 spiro atoms. The second-order valence-electron chi connectivity index (χ2n) is 7.66. The molecule has 1 aromatic carbocycles. The SMILES string of the molecule is O=C(O)CCC/C=C/CC1C2CCC(O2)C1CNC(=O)NCc1ccccc1. The number of nitrogens with one attached hydrogen (secondary N) is 2. The fourth-order valence-electron chi connectivity index (χ4n) is 4.27. The molecule has 0 aromatic heterocycles. The maximum absolute atomic E-state index is 12.1. The van der Waals surface area contributed by atoms with Crippen LogP contribution < -0.4 is 10.6 Å². The summed E-state index contributed by atoms with van der Waals surface area (Å²) in [7, 11) is 0. The van der Waals surface area contributed by atoms with Crippen LogP contribution in [0.3, 0.4) is 0 Å². The van der Waals surface area contributed by atoms with Gasteiger partial charge in [0.2, 0.25) is 0 Å². The maximum atomic E-state index is 12.1. The van der Waals surface area contributed by atoms with Crippen molar-refractivity contribution in [1.82, 2.24) is 10.6 Å². The molecule has 3 N–H and O–H groups in total. The molecule has 28 heavy (non-hydrogen) atoms. The van der Waals surface area contributed by atoms with Crippen molar-refractivity contribution >= 4 is 12.0 Å². The lowest BCUT2D eigenvalue weighted by Gasteiger charge is -2.27. The third-order valence-corrected chi connectivity index (χ3v) is 5.72. The van der Waals surface area contributed by atoms with E-state index in [1.807, 2.05) is 30.3 Å². The van der Waals surface area contributed by atoms with Crippen molar-refractivity contribution < 1.29 is 19.4 Å². The number of unbranched alkanes of at least 4 members (excludes halogenated alkanes) is 1. The lowest BCUT2D eigenvalue weighted by Crippen LogP contribution is -2.42. The number of hydrogen-bond donors (Lipinski definition) is 3. The van der Waals surface area contributed by atoms with E-state index in [0.29, 0.717) is 31.3 Å². The highest BCUT2D eigenvalue weighted by molar-refractivity contribution is 5.73. The number of carbonyl (C=O) groups excluding carboxylic acids is 1. The first kappa shape index (κ1) is 20.4. The average Bonchev–Trinajstić information content (AvgIpc) is 3.30. The number of fused-ring (bicyclic) bond motifs is 2. The van der Waals surface area contributed by atoms with Crippen LogP contribution in [0.5, 0.6) is 0 Å². The number of allylic oxidation sites excluding steroid dienone is 2. The van der Waals surface area contributed by atoms with E-state index in [2.05, 4.69) is 22.8 Å². The Labute approximate surface area is 166 Å². The van der Waals surface area contributed by atoms with Gasteiger partial charge in [-0.2, -0.15) is 0 Å². The van der Waals surface area contributed by atoms with Crippen molar-refractivity contribution in [2.24, 2.45) is 11.8 Å². The topological polar surface area (TPSA) is 87.7 Å². The summed E-state index contributed by atoms with van der Waals surface area (Å²) in [6, 6.07) is 9.71. The molecule has 0 radical (unpaired) electrons. The summed E-state index contributed by atoms with van der Waals surface area (Å²) >= 11 is 0. The van der Waals surface area contributed by atoms with E-state index in [9.17, 15) is 9.59 Å². The Morgan fingerprint density at radius 1 is 1.07 bits per heavy atom. The first-order valence-electron chi connectivity index (χ1n) is 10.2. The second-order valence-corrected chi connectivity index (χ2v) is 7.66. The minimum Gasteiger partial charge on any atom is -0.481 e. The number of benzene rings is 1. The Morgan fingerprint density at radius 2 is 1.82 bits per heavy atom. The first-order chi connectivity index (χ1) is 13.6. The Morgan fingerprint density at radius 3 is 2.57 bits per heavy atom. The number of hydrogen-bond acceptors (Lipinski definition) is 3. The van der Waals surface area contributed by atoms with Gasteiger partial charge in [0.05, 0.1) is 12.2 Å². The number of amides is 2. The number of aliphatic carboxylic acids is 1. The Hall–Kier alpha value is -2.34. The maximum Gasteiger partial charge on any atom is 0.315 e. The summed E-state index contributed by atoms with van der Waals surface area (Å²) in [6.45, 7) is 1.14. The zero-order chi connectivity index (χ0) is 19.8. The highest BCUT2D eigenvalue weighted by Crippen LogP contribution is 2.44. The summed E-state index contributed by atoms with van der Waals surface area (Å²) in [6.07, 6.45) is 9.52. The third-order valence-electron chi connectivity index (χ3n) is 5.72. The summed E-state index contributed by atoms with van der Waals surface area (Å²) in [4.78, 5) is 22.7. The van der Waals surface area contributed by atoms with E-state index in [0.717, 1.165) is 31.2 Å². The molecular weight excluding hydrogens is 356 g/mol. The lowest BCUT2D eigenvalue weighted by molar-refractivity contribution is -0.137. The number of rotatable bonds is 10. The van der Waals surface area contributed by atoms with Crippen molar-refractivity contribution in [2.75, 3.05) is 6.54 Å². The summed E-state index contributed by atoms with van der Waals surface area (Å²) < 4.78 is 6.09. The van der Waals surface area contributed by atoms with Gasteiger partial charge in [0.1, 0.15) is 0 Å². The molecule has 6 nitrogen and oxygen atoms in total. The van der Waals surface area contributed by atoms with Gasteiger partial charge in [-0.1, -0.05) is 42.5 Å². The highest BCUT2D eigenvalue weighted by Gasteiger charge is 2.47. The van der Waals surface area contributed by atoms with E-state index in [1.165, 1.54) is 0 Å². The van der Waals surface area contributed by atoms with Crippen molar-refractivity contribution in [3.8, 4) is 0 Å². The molecule has 2 aliphatic rings. The van der Waals surface area contributed by atoms with Crippen LogP contribution in [0.2, 0.25) is 0 Å². The fraction of sp³-hybridized carbons (Fsp3) is 0.545. The van der Waals surface area contributed by atoms with Crippen molar-refractivity contribution in [3.63, 3.8) is 0 Å². The number of carboxylic acid groups (broad SMARTS) is 1. The molecule has 2 fully saturated rings. The van der Waals surface area contributed by atoms with Gasteiger partial charge in [-0.3, -0.25) is 4.79 Å². The van der Waals surface area contributed by atoms with Crippen LogP contribution in [0.4, 0.5) is 4.79 Å². The summed E-state index contributed by atoms with van der Waals surface area (Å²) in [5.41, 5.74) is 1.08. The number of urea groups is 1. The highest BCUT2D eigenvalue weighted by atomic mass is 16.5. The van der Waals surface area contributed by atoms with Crippen LogP contribution in [-0.2, 0) is 16.1 Å². The smallest absolute Gasteiger partial charge is 0.315 e. The van der Waals surface area contributed by atoms with Gasteiger partial charge in [-0.05, 0) is 43.6 Å². The third kappa shape index (κ3) is 5.83. The van der Waals surface area contributed by atoms with Gasteiger partial charge in [0.25, 0.3) is 0 Å². The van der Waals surface area contributed by atoms with E-state index in [1.54, 1.807) is 0 Å². The molecule has 2 heterocycles. The zero-order valence-corrected chi connectivity index (χ0v) is 16.2. The minimum absolute atomic E-state index is 0.144. The minimum atomic E-state index is -0.744. The van der Waals surface area contributed by atoms with Gasteiger partial charge in [0.15, 0.2) is 0 Å². The summed E-state index contributed by atoms with van der Waals surface area (Å²) in [5, 5.41) is 14.6. The number of carboxylic acids is 1. The van der Waals surface area contributed by atoms with Crippen LogP contribution in [-0.4, -0.2) is 35.9 Å². The van der Waals surface area contributed by atoms with Gasteiger partial charge in [0, 0.05) is 25.4 Å². The van der Waals surface area contributed by atoms with Crippen LogP contribution >= 0.6 is 0 Å². The zero-order valence-electron chi connectivity index (χ0n) is 16.2. The Bertz CT molecular complexity index is 676. The van der Waals surface area contributed by atoms with Gasteiger partial charge in [-0.25, -0.2) is 4.79 Å². The van der Waals surface area contributed by atoms with Gasteiger partial charge in [-0.15, -0.1) is 0 Å². The standard InChI is InChI=1S/C22H30N2O4/c25-21(26)11-7-2-1-6-10-17-18(20-13-12-19(17)28-20)15-24-22(27)23-14-16-8-4-3-5-9-16/h1,3-6,8-9,17-20H,2,7,10-15H2,(H,25,26)(H2,23,24,27)/b6-1+. The average molecular weight is 386 g/mol. The molecule has 3 rings (SSSR count). The van der Waals surface area contributed by atoms with Crippen LogP contribution in [0.1, 0.15) is 44.1 Å². The predicted molar refractivity (Wildman–Crippen MR) is 107 cm³/mol. The molecular formula is C22H30N2O4. The molecule has 2 amide bonds. The number of ether oxygens (including phenoxy) is 1.